The van der Waals surface area contributed by atoms with Gasteiger partial charge in [-0.25, -0.2) is 4.39 Å². The van der Waals surface area contributed by atoms with Gasteiger partial charge in [0, 0.05) is 19.2 Å². The van der Waals surface area contributed by atoms with Crippen molar-refractivity contribution < 1.29 is 19.2 Å². The molecular weight excluding hydrogens is 291 g/mol. The highest BCUT2D eigenvalue weighted by Crippen LogP contribution is 2.26. The number of hydrogen-bond donors (Lipinski definition) is 1. The smallest absolute Gasteiger partial charge is 0.307 e. The van der Waals surface area contributed by atoms with Gasteiger partial charge in [-0.05, 0) is 19.0 Å². The molecular formula is C12H14ClFN2O4. The average molecular weight is 305 g/mol. The van der Waals surface area contributed by atoms with E-state index in [4.69, 9.17) is 5.11 Å². The first-order valence-corrected chi connectivity index (χ1v) is 5.86. The molecule has 1 aromatic rings. The second-order valence-electron chi connectivity index (χ2n) is 4.55. The third-order valence-electron chi connectivity index (χ3n) is 3.29. The standard InChI is InChI=1S/C12H13FN2O4.ClH/c13-10-2-1-3-11(15(18)19)9(10)7-14-5-4-8(6-14)12(16)17;/h1-3,8H,4-7H2,(H,16,17);1H. The number of carboxylic acid groups (broad SMARTS) is 1. The van der Waals surface area contributed by atoms with Gasteiger partial charge in [-0.1, -0.05) is 6.07 Å². The second-order valence-corrected chi connectivity index (χ2v) is 4.55. The van der Waals surface area contributed by atoms with Crippen LogP contribution in [0.25, 0.3) is 0 Å². The lowest BCUT2D eigenvalue weighted by Gasteiger charge is -2.15. The summed E-state index contributed by atoms with van der Waals surface area (Å²) >= 11 is 0. The maximum atomic E-state index is 13.7. The monoisotopic (exact) mass is 304 g/mol. The van der Waals surface area contributed by atoms with Gasteiger partial charge >= 0.3 is 5.97 Å². The van der Waals surface area contributed by atoms with E-state index in [1.54, 1.807) is 4.90 Å². The first-order valence-electron chi connectivity index (χ1n) is 5.86. The van der Waals surface area contributed by atoms with E-state index in [-0.39, 0.29) is 30.2 Å². The van der Waals surface area contributed by atoms with E-state index in [2.05, 4.69) is 0 Å². The number of carbonyl (C=O) groups is 1. The van der Waals surface area contributed by atoms with Crippen LogP contribution in [0.1, 0.15) is 12.0 Å². The predicted molar refractivity (Wildman–Crippen MR) is 71.3 cm³/mol. The van der Waals surface area contributed by atoms with Gasteiger partial charge in [0.1, 0.15) is 5.82 Å². The molecule has 0 aromatic heterocycles. The van der Waals surface area contributed by atoms with Crippen LogP contribution in [0.4, 0.5) is 10.1 Å². The first-order chi connectivity index (χ1) is 8.99. The molecule has 1 aliphatic rings. The summed E-state index contributed by atoms with van der Waals surface area (Å²) in [4.78, 5) is 22.8. The highest BCUT2D eigenvalue weighted by atomic mass is 35.5. The Bertz CT molecular complexity index is 526. The minimum Gasteiger partial charge on any atom is -0.481 e. The Morgan fingerprint density at radius 3 is 2.80 bits per heavy atom. The minimum atomic E-state index is -0.884. The zero-order valence-corrected chi connectivity index (χ0v) is 11.3. The summed E-state index contributed by atoms with van der Waals surface area (Å²) in [5.41, 5.74) is -0.252. The van der Waals surface area contributed by atoms with E-state index >= 15 is 0 Å². The fourth-order valence-corrected chi connectivity index (χ4v) is 2.28. The fourth-order valence-electron chi connectivity index (χ4n) is 2.28. The fraction of sp³-hybridized carbons (Fsp3) is 0.417. The molecule has 1 unspecified atom stereocenters. The van der Waals surface area contributed by atoms with Gasteiger partial charge in [0.05, 0.1) is 16.4 Å². The Hall–Kier alpha value is -1.73. The highest BCUT2D eigenvalue weighted by molar-refractivity contribution is 5.85. The van der Waals surface area contributed by atoms with E-state index in [1.807, 2.05) is 0 Å². The number of nitrogens with zero attached hydrogens (tertiary/aromatic N) is 2. The highest BCUT2D eigenvalue weighted by Gasteiger charge is 2.30. The van der Waals surface area contributed by atoms with Crippen LogP contribution in [0.15, 0.2) is 18.2 Å². The number of nitro groups is 1. The van der Waals surface area contributed by atoms with Gasteiger partial charge in [0.2, 0.25) is 0 Å². The van der Waals surface area contributed by atoms with E-state index in [0.717, 1.165) is 0 Å². The normalized spacial score (nSPS) is 18.6. The lowest BCUT2D eigenvalue weighted by Crippen LogP contribution is -2.23. The van der Waals surface area contributed by atoms with Crippen LogP contribution in [-0.2, 0) is 11.3 Å². The van der Waals surface area contributed by atoms with Crippen molar-refractivity contribution in [3.63, 3.8) is 0 Å². The van der Waals surface area contributed by atoms with Gasteiger partial charge in [-0.2, -0.15) is 0 Å². The summed E-state index contributed by atoms with van der Waals surface area (Å²) in [6, 6.07) is 3.72. The van der Waals surface area contributed by atoms with E-state index in [0.29, 0.717) is 19.5 Å². The SMILES string of the molecule is Cl.O=C(O)C1CCN(Cc2c(F)cccc2[N+](=O)[O-])C1. The Kier molecular flexibility index (Phi) is 5.41. The van der Waals surface area contributed by atoms with Crippen molar-refractivity contribution >= 4 is 24.1 Å². The average Bonchev–Trinajstić information content (AvgIpc) is 2.80. The summed E-state index contributed by atoms with van der Waals surface area (Å²) < 4.78 is 13.7. The molecule has 0 spiro atoms. The molecule has 110 valence electrons. The lowest BCUT2D eigenvalue weighted by atomic mass is 10.1. The molecule has 0 radical (unpaired) electrons. The van der Waals surface area contributed by atoms with Crippen molar-refractivity contribution in [3.05, 3.63) is 39.7 Å². The van der Waals surface area contributed by atoms with Crippen LogP contribution < -0.4 is 0 Å². The molecule has 1 fully saturated rings. The third kappa shape index (κ3) is 3.43. The van der Waals surface area contributed by atoms with Crippen molar-refractivity contribution in [3.8, 4) is 0 Å². The Labute approximate surface area is 120 Å². The van der Waals surface area contributed by atoms with Crippen LogP contribution in [0, 0.1) is 21.8 Å². The molecule has 1 atom stereocenters. The Balaban J connectivity index is 0.00000200. The van der Waals surface area contributed by atoms with E-state index < -0.39 is 22.6 Å². The number of carboxylic acids is 1. The Morgan fingerprint density at radius 2 is 2.25 bits per heavy atom. The molecule has 1 heterocycles. The van der Waals surface area contributed by atoms with Crippen LogP contribution >= 0.6 is 12.4 Å². The quantitative estimate of drug-likeness (QED) is 0.680. The first kappa shape index (κ1) is 16.3. The third-order valence-corrected chi connectivity index (χ3v) is 3.29. The van der Waals surface area contributed by atoms with E-state index in [1.165, 1.54) is 18.2 Å². The molecule has 20 heavy (non-hydrogen) atoms. The van der Waals surface area contributed by atoms with Crippen molar-refractivity contribution in [1.82, 2.24) is 4.90 Å². The van der Waals surface area contributed by atoms with Gasteiger partial charge in [-0.15, -0.1) is 12.4 Å². The number of benzene rings is 1. The number of rotatable bonds is 4. The van der Waals surface area contributed by atoms with Gasteiger partial charge < -0.3 is 5.11 Å². The summed E-state index contributed by atoms with van der Waals surface area (Å²) in [6.07, 6.45) is 0.484. The molecule has 1 aromatic carbocycles. The molecule has 8 heteroatoms. The molecule has 0 aliphatic carbocycles. The molecule has 0 amide bonds. The number of nitro benzene ring substituents is 1. The molecule has 1 N–H and O–H groups in total. The molecule has 1 saturated heterocycles. The molecule has 2 rings (SSSR count). The maximum Gasteiger partial charge on any atom is 0.307 e. The topological polar surface area (TPSA) is 83.7 Å². The minimum absolute atomic E-state index is 0. The molecule has 1 aliphatic heterocycles. The molecule has 6 nitrogen and oxygen atoms in total. The van der Waals surface area contributed by atoms with Crippen LogP contribution in [-0.4, -0.2) is 34.0 Å². The number of hydrogen-bond acceptors (Lipinski definition) is 4. The van der Waals surface area contributed by atoms with Crippen LogP contribution in [0.5, 0.6) is 0 Å². The van der Waals surface area contributed by atoms with Gasteiger partial charge in [0.15, 0.2) is 0 Å². The zero-order valence-electron chi connectivity index (χ0n) is 10.5. The van der Waals surface area contributed by atoms with Gasteiger partial charge in [0.25, 0.3) is 5.69 Å². The lowest BCUT2D eigenvalue weighted by molar-refractivity contribution is -0.385. The van der Waals surface area contributed by atoms with Crippen LogP contribution in [0.2, 0.25) is 0 Å². The van der Waals surface area contributed by atoms with Crippen molar-refractivity contribution in [2.24, 2.45) is 5.92 Å². The van der Waals surface area contributed by atoms with Crippen molar-refractivity contribution in [2.75, 3.05) is 13.1 Å². The largest absolute Gasteiger partial charge is 0.481 e. The predicted octanol–water partition coefficient (Wildman–Crippen LogP) is 2.06. The summed E-state index contributed by atoms with van der Waals surface area (Å²) in [7, 11) is 0. The number of aliphatic carboxylic acids is 1. The summed E-state index contributed by atoms with van der Waals surface area (Å²) in [6.45, 7) is 0.857. The van der Waals surface area contributed by atoms with Gasteiger partial charge in [-0.3, -0.25) is 19.8 Å². The second kappa shape index (κ2) is 6.62. The van der Waals surface area contributed by atoms with Crippen LogP contribution in [0.3, 0.4) is 0 Å². The van der Waals surface area contributed by atoms with E-state index in [9.17, 15) is 19.3 Å². The zero-order chi connectivity index (χ0) is 14.0. The molecule has 0 saturated carbocycles. The number of likely N-dealkylation sites (tertiary alicyclic amines) is 1. The summed E-state index contributed by atoms with van der Waals surface area (Å²) in [5, 5.41) is 19.7. The number of halogens is 2. The van der Waals surface area contributed by atoms with Crippen molar-refractivity contribution in [1.29, 1.82) is 0 Å². The maximum absolute atomic E-state index is 13.7. The Morgan fingerprint density at radius 1 is 1.55 bits per heavy atom. The summed E-state index contributed by atoms with van der Waals surface area (Å²) in [5.74, 6) is -2.00. The van der Waals surface area contributed by atoms with Crippen molar-refractivity contribution in [2.45, 2.75) is 13.0 Å². The molecule has 0 bridgehead atoms.